The van der Waals surface area contributed by atoms with Crippen molar-refractivity contribution in [1.29, 1.82) is 0 Å². The normalized spacial score (nSPS) is 10.4. The second-order valence-corrected chi connectivity index (χ2v) is 4.64. The summed E-state index contributed by atoms with van der Waals surface area (Å²) in [4.78, 5) is 8.99. The summed E-state index contributed by atoms with van der Waals surface area (Å²) in [5, 5.41) is 3.29. The summed E-state index contributed by atoms with van der Waals surface area (Å²) in [7, 11) is 3.30. The quantitative estimate of drug-likeness (QED) is 0.848. The Hall–Kier alpha value is -2.14. The van der Waals surface area contributed by atoms with Crippen molar-refractivity contribution in [3.05, 3.63) is 36.2 Å². The molecule has 0 amide bonds. The number of anilines is 1. The molecular formula is C16H21N3O2. The van der Waals surface area contributed by atoms with Crippen molar-refractivity contribution in [2.75, 3.05) is 26.1 Å². The first-order chi connectivity index (χ1) is 10.3. The van der Waals surface area contributed by atoms with E-state index in [4.69, 9.17) is 9.47 Å². The minimum absolute atomic E-state index is 0.394. The molecule has 2 rings (SSSR count). The third-order valence-corrected chi connectivity index (χ3v) is 2.99. The number of hydrogen-bond donors (Lipinski definition) is 1. The molecule has 5 heteroatoms. The summed E-state index contributed by atoms with van der Waals surface area (Å²) in [5.41, 5.74) is 1.90. The molecule has 2 aromatic rings. The Morgan fingerprint density at radius 2 is 1.86 bits per heavy atom. The Morgan fingerprint density at radius 3 is 2.48 bits per heavy atom. The second kappa shape index (κ2) is 7.59. The fourth-order valence-corrected chi connectivity index (χ4v) is 1.94. The number of benzene rings is 1. The maximum atomic E-state index is 5.18. The molecule has 0 saturated heterocycles. The van der Waals surface area contributed by atoms with Crippen LogP contribution in [-0.4, -0.2) is 30.7 Å². The highest BCUT2D eigenvalue weighted by Crippen LogP contribution is 2.23. The molecule has 0 atom stereocenters. The summed E-state index contributed by atoms with van der Waals surface area (Å²) in [6.45, 7) is 3.39. The van der Waals surface area contributed by atoms with Gasteiger partial charge in [0.25, 0.3) is 0 Å². The molecule has 5 nitrogen and oxygen atoms in total. The Bertz CT molecular complexity index is 570. The largest absolute Gasteiger partial charge is 0.497 e. The van der Waals surface area contributed by atoms with Gasteiger partial charge in [0.05, 0.1) is 12.8 Å². The number of hydrogen-bond acceptors (Lipinski definition) is 5. The first-order valence-electron chi connectivity index (χ1n) is 7.02. The molecule has 0 radical (unpaired) electrons. The zero-order valence-corrected chi connectivity index (χ0v) is 12.7. The molecule has 1 heterocycles. The fraction of sp³-hybridized carbons (Fsp3) is 0.375. The number of aromatic nitrogens is 2. The van der Waals surface area contributed by atoms with Crippen molar-refractivity contribution in [1.82, 2.24) is 9.97 Å². The fourth-order valence-electron chi connectivity index (χ4n) is 1.94. The molecule has 0 unspecified atom stereocenters. The van der Waals surface area contributed by atoms with E-state index in [-0.39, 0.29) is 0 Å². The van der Waals surface area contributed by atoms with E-state index in [9.17, 15) is 0 Å². The Labute approximate surface area is 125 Å². The van der Waals surface area contributed by atoms with Gasteiger partial charge in [-0.2, -0.15) is 0 Å². The van der Waals surface area contributed by atoms with E-state index in [1.54, 1.807) is 14.2 Å². The van der Waals surface area contributed by atoms with E-state index in [1.807, 2.05) is 30.3 Å². The molecule has 112 valence electrons. The molecule has 0 aliphatic carbocycles. The van der Waals surface area contributed by atoms with Gasteiger partial charge >= 0.3 is 0 Å². The van der Waals surface area contributed by atoms with Crippen LogP contribution in [0.2, 0.25) is 0 Å². The van der Waals surface area contributed by atoms with Gasteiger partial charge in [-0.15, -0.1) is 0 Å². The number of methoxy groups -OCH3 is 2. The van der Waals surface area contributed by atoms with Gasteiger partial charge in [-0.25, -0.2) is 9.97 Å². The Balaban J connectivity index is 2.32. The van der Waals surface area contributed by atoms with Gasteiger partial charge in [0.2, 0.25) is 0 Å². The van der Waals surface area contributed by atoms with Crippen molar-refractivity contribution in [2.45, 2.75) is 20.0 Å². The third kappa shape index (κ3) is 4.16. The van der Waals surface area contributed by atoms with Crippen LogP contribution >= 0.6 is 0 Å². The van der Waals surface area contributed by atoms with Crippen molar-refractivity contribution in [2.24, 2.45) is 0 Å². The lowest BCUT2D eigenvalue weighted by molar-refractivity contribution is 0.178. The highest BCUT2D eigenvalue weighted by atomic mass is 16.5. The summed E-state index contributed by atoms with van der Waals surface area (Å²) >= 11 is 0. The molecule has 21 heavy (non-hydrogen) atoms. The molecule has 0 saturated carbocycles. The molecule has 0 fully saturated rings. The van der Waals surface area contributed by atoms with Crippen molar-refractivity contribution in [3.8, 4) is 17.0 Å². The van der Waals surface area contributed by atoms with Gasteiger partial charge < -0.3 is 14.8 Å². The maximum absolute atomic E-state index is 5.18. The van der Waals surface area contributed by atoms with Gasteiger partial charge in [0.1, 0.15) is 18.2 Å². The smallest absolute Gasteiger partial charge is 0.157 e. The lowest BCUT2D eigenvalue weighted by Crippen LogP contribution is -2.06. The van der Waals surface area contributed by atoms with Crippen LogP contribution in [0, 0.1) is 0 Å². The molecule has 1 aromatic heterocycles. The molecule has 0 spiro atoms. The molecule has 0 aliphatic heterocycles. The topological polar surface area (TPSA) is 56.3 Å². The molecular weight excluding hydrogens is 266 g/mol. The zero-order valence-electron chi connectivity index (χ0n) is 12.7. The minimum atomic E-state index is 0.394. The lowest BCUT2D eigenvalue weighted by Gasteiger charge is -2.10. The van der Waals surface area contributed by atoms with E-state index >= 15 is 0 Å². The van der Waals surface area contributed by atoms with Gasteiger partial charge in [0.15, 0.2) is 5.82 Å². The van der Waals surface area contributed by atoms with Crippen molar-refractivity contribution in [3.63, 3.8) is 0 Å². The lowest BCUT2D eigenvalue weighted by atomic mass is 10.1. The summed E-state index contributed by atoms with van der Waals surface area (Å²) in [6, 6.07) is 9.78. The monoisotopic (exact) mass is 287 g/mol. The van der Waals surface area contributed by atoms with E-state index < -0.39 is 0 Å². The average molecular weight is 287 g/mol. The van der Waals surface area contributed by atoms with Crippen LogP contribution in [0.3, 0.4) is 0 Å². The van der Waals surface area contributed by atoms with E-state index in [0.717, 1.165) is 35.8 Å². The SMILES string of the molecule is CCCNc1cc(-c2ccc(OC)cc2)nc(COC)n1. The Kier molecular flexibility index (Phi) is 5.51. The van der Waals surface area contributed by atoms with Crippen LogP contribution < -0.4 is 10.1 Å². The number of rotatable bonds is 7. The minimum Gasteiger partial charge on any atom is -0.497 e. The van der Waals surface area contributed by atoms with Crippen LogP contribution in [0.25, 0.3) is 11.3 Å². The van der Waals surface area contributed by atoms with Crippen LogP contribution in [0.15, 0.2) is 30.3 Å². The molecule has 0 aliphatic rings. The predicted molar refractivity (Wildman–Crippen MR) is 83.5 cm³/mol. The van der Waals surface area contributed by atoms with Crippen LogP contribution in [0.1, 0.15) is 19.2 Å². The highest BCUT2D eigenvalue weighted by Gasteiger charge is 2.07. The first kappa shape index (κ1) is 15.3. The first-order valence-corrected chi connectivity index (χ1v) is 7.02. The predicted octanol–water partition coefficient (Wildman–Crippen LogP) is 3.12. The van der Waals surface area contributed by atoms with Gasteiger partial charge in [-0.05, 0) is 30.7 Å². The van der Waals surface area contributed by atoms with E-state index in [0.29, 0.717) is 12.4 Å². The third-order valence-electron chi connectivity index (χ3n) is 2.99. The maximum Gasteiger partial charge on any atom is 0.157 e. The number of nitrogens with one attached hydrogen (secondary N) is 1. The van der Waals surface area contributed by atoms with Crippen LogP contribution in [-0.2, 0) is 11.3 Å². The number of nitrogens with zero attached hydrogens (tertiary/aromatic N) is 2. The summed E-state index contributed by atoms with van der Waals surface area (Å²) < 4.78 is 10.3. The van der Waals surface area contributed by atoms with Crippen LogP contribution in [0.4, 0.5) is 5.82 Å². The van der Waals surface area contributed by atoms with Crippen molar-refractivity contribution >= 4 is 5.82 Å². The second-order valence-electron chi connectivity index (χ2n) is 4.64. The number of ether oxygens (including phenoxy) is 2. The standard InChI is InChI=1S/C16H21N3O2/c1-4-9-17-15-10-14(18-16(19-15)11-20-2)12-5-7-13(21-3)8-6-12/h5-8,10H,4,9,11H2,1-3H3,(H,17,18,19). The van der Waals surface area contributed by atoms with E-state index in [1.165, 1.54) is 0 Å². The van der Waals surface area contributed by atoms with Gasteiger partial charge in [-0.3, -0.25) is 0 Å². The van der Waals surface area contributed by atoms with Gasteiger partial charge in [-0.1, -0.05) is 6.92 Å². The summed E-state index contributed by atoms with van der Waals surface area (Å²) in [6.07, 6.45) is 1.04. The van der Waals surface area contributed by atoms with Crippen LogP contribution in [0.5, 0.6) is 5.75 Å². The highest BCUT2D eigenvalue weighted by molar-refractivity contribution is 5.63. The molecule has 0 bridgehead atoms. The van der Waals surface area contributed by atoms with Crippen molar-refractivity contribution < 1.29 is 9.47 Å². The average Bonchev–Trinajstić information content (AvgIpc) is 2.53. The molecule has 1 aromatic carbocycles. The zero-order chi connectivity index (χ0) is 15.1. The van der Waals surface area contributed by atoms with E-state index in [2.05, 4.69) is 22.2 Å². The summed E-state index contributed by atoms with van der Waals surface area (Å²) in [5.74, 6) is 2.32. The van der Waals surface area contributed by atoms with Gasteiger partial charge in [0, 0.05) is 25.3 Å². The molecule has 1 N–H and O–H groups in total. The Morgan fingerprint density at radius 1 is 1.10 bits per heavy atom.